The minimum atomic E-state index is -0.601. The first kappa shape index (κ1) is 26.1. The van der Waals surface area contributed by atoms with Gasteiger partial charge >= 0.3 is 0 Å². The molecule has 41 heavy (non-hydrogen) atoms. The molecule has 0 fully saturated rings. The number of nitrogens with zero attached hydrogens (tertiary/aromatic N) is 2. The van der Waals surface area contributed by atoms with E-state index in [-0.39, 0.29) is 0 Å². The van der Waals surface area contributed by atoms with E-state index in [1.807, 2.05) is 25.4 Å². The van der Waals surface area contributed by atoms with Crippen molar-refractivity contribution in [3.05, 3.63) is 168 Å². The summed E-state index contributed by atoms with van der Waals surface area (Å²) in [6.45, 7) is 6.49. The van der Waals surface area contributed by atoms with Crippen LogP contribution < -0.4 is 9.47 Å². The highest BCUT2D eigenvalue weighted by Gasteiger charge is 2.38. The predicted molar refractivity (Wildman–Crippen MR) is 166 cm³/mol. The summed E-state index contributed by atoms with van der Waals surface area (Å²) in [4.78, 5) is 4.81. The van der Waals surface area contributed by atoms with E-state index in [0.717, 1.165) is 55.8 Å². The Bertz CT molecular complexity index is 1690. The Balaban J connectivity index is 1.37. The van der Waals surface area contributed by atoms with Gasteiger partial charge in [-0.15, -0.1) is 0 Å². The van der Waals surface area contributed by atoms with Crippen LogP contribution in [0.1, 0.15) is 34.9 Å². The van der Waals surface area contributed by atoms with Gasteiger partial charge in [0, 0.05) is 11.8 Å². The molecule has 0 spiro atoms. The SMILES string of the molecule is C=C(C)c1c(OC)ccc2cc(OCc3cn(C(c4ccccc4)(c4ccccc4)c4ccccc4)cn3)ccc12. The molecule has 1 heterocycles. The lowest BCUT2D eigenvalue weighted by molar-refractivity contribution is 0.302. The Morgan fingerprint density at radius 2 is 1.37 bits per heavy atom. The first-order chi connectivity index (χ1) is 20.1. The quantitative estimate of drug-likeness (QED) is 0.174. The van der Waals surface area contributed by atoms with Gasteiger partial charge in [-0.1, -0.05) is 104 Å². The summed E-state index contributed by atoms with van der Waals surface area (Å²) < 4.78 is 14.0. The molecule has 0 atom stereocenters. The molecule has 0 aliphatic rings. The van der Waals surface area contributed by atoms with E-state index >= 15 is 0 Å². The third-order valence-corrected chi connectivity index (χ3v) is 7.58. The van der Waals surface area contributed by atoms with E-state index in [9.17, 15) is 0 Å². The highest BCUT2D eigenvalue weighted by molar-refractivity contribution is 5.96. The highest BCUT2D eigenvalue weighted by atomic mass is 16.5. The van der Waals surface area contributed by atoms with Crippen molar-refractivity contribution in [1.29, 1.82) is 0 Å². The van der Waals surface area contributed by atoms with Gasteiger partial charge in [-0.25, -0.2) is 4.98 Å². The van der Waals surface area contributed by atoms with Crippen LogP contribution in [0.5, 0.6) is 11.5 Å². The maximum atomic E-state index is 6.27. The molecular formula is C37H32N2O2. The normalized spacial score (nSPS) is 11.4. The lowest BCUT2D eigenvalue weighted by atomic mass is 9.77. The average Bonchev–Trinajstić information content (AvgIpc) is 3.50. The van der Waals surface area contributed by atoms with Crippen molar-refractivity contribution in [3.8, 4) is 11.5 Å². The van der Waals surface area contributed by atoms with Gasteiger partial charge in [0.05, 0.1) is 19.1 Å². The van der Waals surface area contributed by atoms with Crippen molar-refractivity contribution in [2.24, 2.45) is 0 Å². The summed E-state index contributed by atoms with van der Waals surface area (Å²) in [5.74, 6) is 1.60. The number of benzene rings is 5. The van der Waals surface area contributed by atoms with E-state index < -0.39 is 5.54 Å². The van der Waals surface area contributed by atoms with Crippen molar-refractivity contribution in [2.75, 3.05) is 7.11 Å². The molecule has 0 amide bonds. The fourth-order valence-electron chi connectivity index (χ4n) is 5.75. The second kappa shape index (κ2) is 11.2. The summed E-state index contributed by atoms with van der Waals surface area (Å²) in [5, 5.41) is 2.16. The molecule has 4 nitrogen and oxygen atoms in total. The Morgan fingerprint density at radius 3 is 1.90 bits per heavy atom. The second-order valence-corrected chi connectivity index (χ2v) is 10.2. The minimum absolute atomic E-state index is 0.344. The molecule has 202 valence electrons. The van der Waals surface area contributed by atoms with Gasteiger partial charge in [0.2, 0.25) is 0 Å². The monoisotopic (exact) mass is 536 g/mol. The Labute approximate surface area is 241 Å². The molecule has 0 aliphatic carbocycles. The highest BCUT2D eigenvalue weighted by Crippen LogP contribution is 2.41. The van der Waals surface area contributed by atoms with Crippen LogP contribution in [0.25, 0.3) is 16.3 Å². The molecular weight excluding hydrogens is 504 g/mol. The van der Waals surface area contributed by atoms with Crippen LogP contribution in [0.4, 0.5) is 0 Å². The summed E-state index contributed by atoms with van der Waals surface area (Å²) in [5.41, 5.74) is 5.69. The molecule has 0 bridgehead atoms. The van der Waals surface area contributed by atoms with Crippen LogP contribution in [0.3, 0.4) is 0 Å². The number of fused-ring (bicyclic) bond motifs is 1. The third-order valence-electron chi connectivity index (χ3n) is 7.58. The third kappa shape index (κ3) is 4.78. The van der Waals surface area contributed by atoms with Gasteiger partial charge in [-0.05, 0) is 64.2 Å². The lowest BCUT2D eigenvalue weighted by Crippen LogP contribution is -2.36. The van der Waals surface area contributed by atoms with Crippen LogP contribution in [0, 0.1) is 0 Å². The average molecular weight is 537 g/mol. The molecule has 0 N–H and O–H groups in total. The molecule has 6 aromatic rings. The zero-order valence-electron chi connectivity index (χ0n) is 23.3. The Kier molecular flexibility index (Phi) is 7.13. The molecule has 0 saturated heterocycles. The summed E-state index contributed by atoms with van der Waals surface area (Å²) in [6.07, 6.45) is 4.01. The maximum Gasteiger partial charge on any atom is 0.132 e. The van der Waals surface area contributed by atoms with E-state index in [0.29, 0.717) is 6.61 Å². The fraction of sp³-hybridized carbons (Fsp3) is 0.108. The largest absolute Gasteiger partial charge is 0.496 e. The number of aromatic nitrogens is 2. The number of imidazole rings is 1. The van der Waals surface area contributed by atoms with Crippen LogP contribution in [0.2, 0.25) is 0 Å². The first-order valence-electron chi connectivity index (χ1n) is 13.7. The topological polar surface area (TPSA) is 36.3 Å². The molecule has 5 aromatic carbocycles. The van der Waals surface area contributed by atoms with Crippen LogP contribution in [-0.4, -0.2) is 16.7 Å². The zero-order valence-corrected chi connectivity index (χ0v) is 23.3. The van der Waals surface area contributed by atoms with Gasteiger partial charge in [-0.2, -0.15) is 0 Å². The standard InChI is InChI=1S/C37H32N2O2/c1-27(2)36-34-21-20-33(23-28(34)19-22-35(36)40-3)41-25-32-24-39(26-38-32)37(29-13-7-4-8-14-29,30-15-9-5-10-16-30)31-17-11-6-12-18-31/h4-24,26H,1,25H2,2-3H3. The smallest absolute Gasteiger partial charge is 0.132 e. The van der Waals surface area contributed by atoms with Crippen LogP contribution >= 0.6 is 0 Å². The van der Waals surface area contributed by atoms with Crippen molar-refractivity contribution < 1.29 is 9.47 Å². The van der Waals surface area contributed by atoms with Gasteiger partial charge in [-0.3, -0.25) is 0 Å². The summed E-state index contributed by atoms with van der Waals surface area (Å²) in [6, 6.07) is 41.9. The molecule has 0 saturated carbocycles. The lowest BCUT2D eigenvalue weighted by Gasteiger charge is -2.37. The predicted octanol–water partition coefficient (Wildman–Crippen LogP) is 8.50. The molecule has 0 aliphatic heterocycles. The van der Waals surface area contributed by atoms with E-state index in [2.05, 4.69) is 127 Å². The number of hydrogen-bond donors (Lipinski definition) is 0. The van der Waals surface area contributed by atoms with E-state index in [1.54, 1.807) is 7.11 Å². The number of rotatable bonds is 9. The maximum absolute atomic E-state index is 6.27. The minimum Gasteiger partial charge on any atom is -0.496 e. The molecule has 0 radical (unpaired) electrons. The van der Waals surface area contributed by atoms with Crippen molar-refractivity contribution in [1.82, 2.24) is 9.55 Å². The van der Waals surface area contributed by atoms with Gasteiger partial charge < -0.3 is 14.0 Å². The Morgan fingerprint density at radius 1 is 0.780 bits per heavy atom. The Hall–Kier alpha value is -5.09. The summed E-state index contributed by atoms with van der Waals surface area (Å²) in [7, 11) is 1.69. The van der Waals surface area contributed by atoms with Gasteiger partial charge in [0.25, 0.3) is 0 Å². The van der Waals surface area contributed by atoms with Crippen LogP contribution in [0.15, 0.2) is 140 Å². The first-order valence-corrected chi connectivity index (χ1v) is 13.7. The number of hydrogen-bond acceptors (Lipinski definition) is 3. The summed E-state index contributed by atoms with van der Waals surface area (Å²) >= 11 is 0. The van der Waals surface area contributed by atoms with E-state index in [1.165, 1.54) is 0 Å². The molecule has 6 rings (SSSR count). The van der Waals surface area contributed by atoms with Crippen molar-refractivity contribution in [2.45, 2.75) is 19.1 Å². The number of ether oxygens (including phenoxy) is 2. The molecule has 4 heteroatoms. The zero-order chi connectivity index (χ0) is 28.2. The fourth-order valence-corrected chi connectivity index (χ4v) is 5.75. The van der Waals surface area contributed by atoms with Crippen molar-refractivity contribution >= 4 is 16.3 Å². The number of allylic oxidation sites excluding steroid dienone is 1. The van der Waals surface area contributed by atoms with Crippen molar-refractivity contribution in [3.63, 3.8) is 0 Å². The van der Waals surface area contributed by atoms with Gasteiger partial charge in [0.15, 0.2) is 0 Å². The van der Waals surface area contributed by atoms with E-state index in [4.69, 9.17) is 14.5 Å². The molecule has 0 unspecified atom stereocenters. The molecule has 1 aromatic heterocycles. The number of methoxy groups -OCH3 is 1. The second-order valence-electron chi connectivity index (χ2n) is 10.2. The van der Waals surface area contributed by atoms with Gasteiger partial charge in [0.1, 0.15) is 23.6 Å². The van der Waals surface area contributed by atoms with Crippen LogP contribution in [-0.2, 0) is 12.1 Å².